The molecule has 1 saturated carbocycles. The van der Waals surface area contributed by atoms with Crippen LogP contribution in [0, 0.1) is 0 Å². The molecule has 0 bridgehead atoms. The summed E-state index contributed by atoms with van der Waals surface area (Å²) >= 11 is 0. The molecule has 1 aromatic heterocycles. The van der Waals surface area contributed by atoms with Crippen LogP contribution < -0.4 is 0 Å². The van der Waals surface area contributed by atoms with Crippen LogP contribution in [0.4, 0.5) is 0 Å². The molecule has 3 rings (SSSR count). The van der Waals surface area contributed by atoms with Crippen LogP contribution in [0.25, 0.3) is 10.9 Å². The van der Waals surface area contributed by atoms with E-state index < -0.39 is 0 Å². The number of hydrogen-bond acceptors (Lipinski definition) is 2. The van der Waals surface area contributed by atoms with Gasteiger partial charge in [-0.15, -0.1) is 0 Å². The smallest absolute Gasteiger partial charge is 0.0541 e. The average Bonchev–Trinajstić information content (AvgIpc) is 2.83. The Bertz CT molecular complexity index is 540. The molecule has 0 spiro atoms. The number of para-hydroxylation sites is 1. The molecule has 3 heteroatoms. The van der Waals surface area contributed by atoms with Gasteiger partial charge >= 0.3 is 0 Å². The van der Waals surface area contributed by atoms with Crippen molar-refractivity contribution in [2.75, 3.05) is 7.05 Å². The molecule has 0 aliphatic heterocycles. The molecule has 3 nitrogen and oxygen atoms in total. The normalized spacial score (nSPS) is 24.2. The summed E-state index contributed by atoms with van der Waals surface area (Å²) in [6.07, 6.45) is 6.17. The van der Waals surface area contributed by atoms with Gasteiger partial charge < -0.3 is 10.1 Å². The van der Waals surface area contributed by atoms with E-state index in [1.165, 1.54) is 16.5 Å². The lowest BCUT2D eigenvalue weighted by Crippen LogP contribution is -2.35. The summed E-state index contributed by atoms with van der Waals surface area (Å²) in [5.41, 5.74) is 2.58. The number of aromatic amines is 1. The van der Waals surface area contributed by atoms with Crippen molar-refractivity contribution in [1.29, 1.82) is 0 Å². The second-order valence-electron chi connectivity index (χ2n) is 5.74. The molecule has 1 aliphatic carbocycles. The Morgan fingerprint density at radius 1 is 1.21 bits per heavy atom. The minimum atomic E-state index is -0.0715. The lowest BCUT2D eigenvalue weighted by atomic mass is 9.92. The molecule has 1 aliphatic rings. The van der Waals surface area contributed by atoms with E-state index in [1.807, 2.05) is 0 Å². The molecule has 0 amide bonds. The van der Waals surface area contributed by atoms with Gasteiger partial charge in [0, 0.05) is 29.7 Å². The molecular formula is C16H22N2O. The highest BCUT2D eigenvalue weighted by Crippen LogP contribution is 2.25. The molecule has 0 atom stereocenters. The number of nitrogens with one attached hydrogen (secondary N) is 1. The molecule has 0 radical (unpaired) electrons. The van der Waals surface area contributed by atoms with E-state index >= 15 is 0 Å². The van der Waals surface area contributed by atoms with Crippen LogP contribution in [-0.2, 0) is 6.54 Å². The van der Waals surface area contributed by atoms with Crippen LogP contribution in [0.3, 0.4) is 0 Å². The number of benzene rings is 1. The van der Waals surface area contributed by atoms with Gasteiger partial charge in [0.2, 0.25) is 0 Å². The third kappa shape index (κ3) is 2.67. The number of aliphatic hydroxyl groups excluding tert-OH is 1. The fraction of sp³-hybridized carbons (Fsp3) is 0.500. The minimum Gasteiger partial charge on any atom is -0.393 e. The first-order chi connectivity index (χ1) is 9.24. The average molecular weight is 258 g/mol. The third-order valence-corrected chi connectivity index (χ3v) is 4.38. The molecule has 19 heavy (non-hydrogen) atoms. The number of aromatic nitrogens is 1. The van der Waals surface area contributed by atoms with Gasteiger partial charge in [0.25, 0.3) is 0 Å². The molecule has 0 unspecified atom stereocenters. The van der Waals surface area contributed by atoms with E-state index in [0.717, 1.165) is 32.2 Å². The molecule has 2 N–H and O–H groups in total. The zero-order valence-corrected chi connectivity index (χ0v) is 11.5. The highest BCUT2D eigenvalue weighted by atomic mass is 16.3. The van der Waals surface area contributed by atoms with Gasteiger partial charge in [-0.25, -0.2) is 0 Å². The van der Waals surface area contributed by atoms with Gasteiger partial charge in [-0.1, -0.05) is 18.2 Å². The molecule has 1 aromatic carbocycles. The third-order valence-electron chi connectivity index (χ3n) is 4.38. The predicted molar refractivity (Wildman–Crippen MR) is 78.0 cm³/mol. The fourth-order valence-electron chi connectivity index (χ4n) is 3.16. The molecule has 102 valence electrons. The Balaban J connectivity index is 1.70. The van der Waals surface area contributed by atoms with Crippen LogP contribution in [-0.4, -0.2) is 34.2 Å². The highest BCUT2D eigenvalue weighted by Gasteiger charge is 2.23. The largest absolute Gasteiger partial charge is 0.393 e. The van der Waals surface area contributed by atoms with Gasteiger partial charge in [-0.3, -0.25) is 4.90 Å². The standard InChI is InChI=1S/C16H22N2O/c1-18(13-6-8-14(19)9-7-13)11-12-10-17-16-5-3-2-4-15(12)16/h2-5,10,13-14,17,19H,6-9,11H2,1H3. The van der Waals surface area contributed by atoms with Gasteiger partial charge in [0.05, 0.1) is 6.10 Å². The summed E-state index contributed by atoms with van der Waals surface area (Å²) in [7, 11) is 2.20. The van der Waals surface area contributed by atoms with Gasteiger partial charge in [0.15, 0.2) is 0 Å². The maximum absolute atomic E-state index is 9.58. The molecule has 1 heterocycles. The zero-order valence-electron chi connectivity index (χ0n) is 11.5. The lowest BCUT2D eigenvalue weighted by molar-refractivity contribution is 0.0819. The topological polar surface area (TPSA) is 39.3 Å². The van der Waals surface area contributed by atoms with E-state index in [4.69, 9.17) is 0 Å². The second-order valence-corrected chi connectivity index (χ2v) is 5.74. The monoisotopic (exact) mass is 258 g/mol. The Kier molecular flexibility index (Phi) is 3.58. The van der Waals surface area contributed by atoms with E-state index in [-0.39, 0.29) is 6.10 Å². The van der Waals surface area contributed by atoms with E-state index in [9.17, 15) is 5.11 Å². The van der Waals surface area contributed by atoms with Gasteiger partial charge in [-0.2, -0.15) is 0 Å². The van der Waals surface area contributed by atoms with Crippen molar-refractivity contribution < 1.29 is 5.11 Å². The molecule has 1 fully saturated rings. The first-order valence-corrected chi connectivity index (χ1v) is 7.17. The zero-order chi connectivity index (χ0) is 13.2. The van der Waals surface area contributed by atoms with Crippen molar-refractivity contribution in [3.8, 4) is 0 Å². The lowest BCUT2D eigenvalue weighted by Gasteiger charge is -2.33. The Morgan fingerprint density at radius 2 is 1.95 bits per heavy atom. The summed E-state index contributed by atoms with van der Waals surface area (Å²) in [6, 6.07) is 9.07. The van der Waals surface area contributed by atoms with Crippen LogP contribution in [0.15, 0.2) is 30.5 Å². The molecular weight excluding hydrogens is 236 g/mol. The number of hydrogen-bond donors (Lipinski definition) is 2. The van der Waals surface area contributed by atoms with Crippen molar-refractivity contribution >= 4 is 10.9 Å². The summed E-state index contributed by atoms with van der Waals surface area (Å²) in [6.45, 7) is 0.977. The number of nitrogens with zero attached hydrogens (tertiary/aromatic N) is 1. The molecule has 0 saturated heterocycles. The molecule has 2 aromatic rings. The van der Waals surface area contributed by atoms with Crippen LogP contribution in [0.1, 0.15) is 31.2 Å². The number of aliphatic hydroxyl groups is 1. The predicted octanol–water partition coefficient (Wildman–Crippen LogP) is 2.90. The Morgan fingerprint density at radius 3 is 2.74 bits per heavy atom. The van der Waals surface area contributed by atoms with E-state index in [0.29, 0.717) is 6.04 Å². The maximum Gasteiger partial charge on any atom is 0.0541 e. The Labute approximate surface area is 114 Å². The maximum atomic E-state index is 9.58. The second kappa shape index (κ2) is 5.35. The SMILES string of the molecule is CN(Cc1c[nH]c2ccccc12)C1CCC(O)CC1. The van der Waals surface area contributed by atoms with Crippen molar-refractivity contribution in [1.82, 2.24) is 9.88 Å². The van der Waals surface area contributed by atoms with Gasteiger partial charge in [-0.05, 0) is 44.4 Å². The summed E-state index contributed by atoms with van der Waals surface area (Å²) < 4.78 is 0. The van der Waals surface area contributed by atoms with E-state index in [2.05, 4.69) is 47.4 Å². The van der Waals surface area contributed by atoms with Crippen LogP contribution in [0.2, 0.25) is 0 Å². The highest BCUT2D eigenvalue weighted by molar-refractivity contribution is 5.82. The quantitative estimate of drug-likeness (QED) is 0.888. The Hall–Kier alpha value is -1.32. The first-order valence-electron chi connectivity index (χ1n) is 7.17. The van der Waals surface area contributed by atoms with E-state index in [1.54, 1.807) is 0 Å². The summed E-state index contributed by atoms with van der Waals surface area (Å²) in [5, 5.41) is 10.9. The first kappa shape index (κ1) is 12.7. The summed E-state index contributed by atoms with van der Waals surface area (Å²) in [5.74, 6) is 0. The minimum absolute atomic E-state index is 0.0715. The van der Waals surface area contributed by atoms with Gasteiger partial charge in [0.1, 0.15) is 0 Å². The van der Waals surface area contributed by atoms with Crippen molar-refractivity contribution in [2.24, 2.45) is 0 Å². The van der Waals surface area contributed by atoms with Crippen molar-refractivity contribution in [2.45, 2.75) is 44.4 Å². The summed E-state index contributed by atoms with van der Waals surface area (Å²) in [4.78, 5) is 5.77. The fourth-order valence-corrected chi connectivity index (χ4v) is 3.16. The van der Waals surface area contributed by atoms with Crippen LogP contribution in [0.5, 0.6) is 0 Å². The number of fused-ring (bicyclic) bond motifs is 1. The van der Waals surface area contributed by atoms with Crippen molar-refractivity contribution in [3.05, 3.63) is 36.0 Å². The van der Waals surface area contributed by atoms with Crippen molar-refractivity contribution in [3.63, 3.8) is 0 Å². The number of rotatable bonds is 3. The van der Waals surface area contributed by atoms with Crippen LogP contribution >= 0.6 is 0 Å². The number of H-pyrrole nitrogens is 1.